The highest BCUT2D eigenvalue weighted by atomic mass is 16.5. The van der Waals surface area contributed by atoms with E-state index in [4.69, 9.17) is 4.52 Å². The molecule has 2 heterocycles. The number of phenols is 2. The summed E-state index contributed by atoms with van der Waals surface area (Å²) in [6, 6.07) is 4.30. The molecule has 0 amide bonds. The number of benzene rings is 1. The van der Waals surface area contributed by atoms with Crippen molar-refractivity contribution < 1.29 is 14.7 Å². The molecule has 3 aromatic rings. The van der Waals surface area contributed by atoms with Gasteiger partial charge in [0.1, 0.15) is 5.69 Å². The van der Waals surface area contributed by atoms with E-state index in [0.717, 1.165) is 5.69 Å². The molecule has 96 valence electrons. The Labute approximate surface area is 107 Å². The van der Waals surface area contributed by atoms with Crippen LogP contribution >= 0.6 is 0 Å². The predicted molar refractivity (Wildman–Crippen MR) is 65.3 cm³/mol. The van der Waals surface area contributed by atoms with Crippen molar-refractivity contribution in [2.75, 3.05) is 0 Å². The van der Waals surface area contributed by atoms with Crippen LogP contribution in [-0.2, 0) is 7.05 Å². The zero-order valence-electron chi connectivity index (χ0n) is 9.98. The first-order valence-corrected chi connectivity index (χ1v) is 5.48. The Bertz CT molecular complexity index is 732. The maximum atomic E-state index is 9.44. The fraction of sp³-hybridized carbons (Fsp3) is 0.0833. The lowest BCUT2D eigenvalue weighted by atomic mass is 10.2. The Morgan fingerprint density at radius 1 is 1.21 bits per heavy atom. The molecule has 1 aromatic carbocycles. The van der Waals surface area contributed by atoms with Crippen molar-refractivity contribution in [3.8, 4) is 34.5 Å². The molecule has 7 nitrogen and oxygen atoms in total. The van der Waals surface area contributed by atoms with Gasteiger partial charge >= 0.3 is 0 Å². The van der Waals surface area contributed by atoms with Crippen molar-refractivity contribution in [1.82, 2.24) is 19.7 Å². The summed E-state index contributed by atoms with van der Waals surface area (Å²) < 4.78 is 6.90. The summed E-state index contributed by atoms with van der Waals surface area (Å²) in [5.41, 5.74) is 1.24. The van der Waals surface area contributed by atoms with Gasteiger partial charge in [-0.2, -0.15) is 4.98 Å². The van der Waals surface area contributed by atoms with E-state index in [0.29, 0.717) is 11.4 Å². The highest BCUT2D eigenvalue weighted by Gasteiger charge is 2.14. The van der Waals surface area contributed by atoms with Crippen LogP contribution in [0.4, 0.5) is 0 Å². The number of phenolic OH excluding ortho intramolecular Hbond substituents is 2. The van der Waals surface area contributed by atoms with Crippen LogP contribution in [0.5, 0.6) is 11.5 Å². The maximum absolute atomic E-state index is 9.44. The van der Waals surface area contributed by atoms with Gasteiger partial charge in [0.05, 0.1) is 12.5 Å². The topological polar surface area (TPSA) is 97.2 Å². The Morgan fingerprint density at radius 3 is 2.74 bits per heavy atom. The first kappa shape index (κ1) is 11.3. The van der Waals surface area contributed by atoms with Crippen LogP contribution in [0.25, 0.3) is 23.0 Å². The van der Waals surface area contributed by atoms with Gasteiger partial charge < -0.3 is 19.3 Å². The Hall–Kier alpha value is -2.83. The van der Waals surface area contributed by atoms with Gasteiger partial charge in [0.25, 0.3) is 5.89 Å². The average Bonchev–Trinajstić information content (AvgIpc) is 3.01. The van der Waals surface area contributed by atoms with Crippen molar-refractivity contribution in [2.45, 2.75) is 0 Å². The standard InChI is InChI=1S/C12H10N4O3/c1-16-6-13-5-8(16)11-14-12(19-15-11)7-2-3-9(17)10(18)4-7/h2-6,17-18H,1H3. The third-order valence-electron chi connectivity index (χ3n) is 2.69. The minimum Gasteiger partial charge on any atom is -0.504 e. The van der Waals surface area contributed by atoms with E-state index in [-0.39, 0.29) is 17.4 Å². The molecule has 0 aliphatic carbocycles. The summed E-state index contributed by atoms with van der Waals surface area (Å²) in [6.07, 6.45) is 3.26. The second kappa shape index (κ2) is 4.13. The van der Waals surface area contributed by atoms with Crippen molar-refractivity contribution in [3.63, 3.8) is 0 Å². The molecule has 19 heavy (non-hydrogen) atoms. The second-order valence-electron chi connectivity index (χ2n) is 4.02. The van der Waals surface area contributed by atoms with E-state index in [1.807, 2.05) is 7.05 Å². The molecular formula is C12H10N4O3. The lowest BCUT2D eigenvalue weighted by molar-refractivity contribution is 0.402. The van der Waals surface area contributed by atoms with Crippen LogP contribution in [0.15, 0.2) is 35.2 Å². The van der Waals surface area contributed by atoms with Crippen LogP contribution in [0.1, 0.15) is 0 Å². The van der Waals surface area contributed by atoms with Gasteiger partial charge in [0.15, 0.2) is 11.5 Å². The Kier molecular flexibility index (Phi) is 2.45. The highest BCUT2D eigenvalue weighted by Crippen LogP contribution is 2.30. The molecule has 0 atom stereocenters. The Morgan fingerprint density at radius 2 is 2.05 bits per heavy atom. The molecule has 0 fully saturated rings. The summed E-state index contributed by atoms with van der Waals surface area (Å²) in [7, 11) is 1.82. The molecule has 0 spiro atoms. The third-order valence-corrected chi connectivity index (χ3v) is 2.69. The van der Waals surface area contributed by atoms with Gasteiger partial charge in [0.2, 0.25) is 5.82 Å². The maximum Gasteiger partial charge on any atom is 0.258 e. The molecule has 2 aromatic heterocycles. The molecule has 7 heteroatoms. The fourth-order valence-corrected chi connectivity index (χ4v) is 1.67. The summed E-state index contributed by atoms with van der Waals surface area (Å²) >= 11 is 0. The van der Waals surface area contributed by atoms with E-state index in [2.05, 4.69) is 15.1 Å². The first-order valence-electron chi connectivity index (χ1n) is 5.48. The minimum absolute atomic E-state index is 0.199. The number of hydrogen-bond acceptors (Lipinski definition) is 6. The zero-order valence-corrected chi connectivity index (χ0v) is 9.98. The van der Waals surface area contributed by atoms with Crippen LogP contribution < -0.4 is 0 Å². The molecule has 0 bridgehead atoms. The van der Waals surface area contributed by atoms with Crippen LogP contribution in [0.3, 0.4) is 0 Å². The number of hydrogen-bond donors (Lipinski definition) is 2. The number of rotatable bonds is 2. The molecule has 0 saturated heterocycles. The molecule has 0 aliphatic heterocycles. The molecule has 0 saturated carbocycles. The summed E-state index contributed by atoms with van der Waals surface area (Å²) in [6.45, 7) is 0. The van der Waals surface area contributed by atoms with Gasteiger partial charge in [-0.3, -0.25) is 0 Å². The largest absolute Gasteiger partial charge is 0.504 e. The normalized spacial score (nSPS) is 10.8. The average molecular weight is 258 g/mol. The fourth-order valence-electron chi connectivity index (χ4n) is 1.67. The SMILES string of the molecule is Cn1cncc1-c1noc(-c2ccc(O)c(O)c2)n1. The van der Waals surface area contributed by atoms with Crippen LogP contribution in [0, 0.1) is 0 Å². The van der Waals surface area contributed by atoms with E-state index < -0.39 is 0 Å². The molecule has 0 aliphatic rings. The number of aromatic hydroxyl groups is 2. The minimum atomic E-state index is -0.238. The van der Waals surface area contributed by atoms with Crippen LogP contribution in [0.2, 0.25) is 0 Å². The molecule has 0 unspecified atom stereocenters. The molecular weight excluding hydrogens is 248 g/mol. The number of aromatic nitrogens is 4. The lowest BCUT2D eigenvalue weighted by Crippen LogP contribution is -1.90. The van der Waals surface area contributed by atoms with E-state index in [9.17, 15) is 10.2 Å². The summed E-state index contributed by atoms with van der Waals surface area (Å²) in [5, 5.41) is 22.6. The van der Waals surface area contributed by atoms with Crippen LogP contribution in [-0.4, -0.2) is 29.9 Å². The van der Waals surface area contributed by atoms with E-state index >= 15 is 0 Å². The summed E-state index contributed by atoms with van der Waals surface area (Å²) in [5.74, 6) is 0.224. The van der Waals surface area contributed by atoms with E-state index in [1.165, 1.54) is 12.1 Å². The van der Waals surface area contributed by atoms with Crippen molar-refractivity contribution >= 4 is 0 Å². The molecule has 0 radical (unpaired) electrons. The van der Waals surface area contributed by atoms with Gasteiger partial charge in [-0.15, -0.1) is 0 Å². The van der Waals surface area contributed by atoms with Gasteiger partial charge in [0, 0.05) is 12.6 Å². The van der Waals surface area contributed by atoms with Gasteiger partial charge in [-0.1, -0.05) is 5.16 Å². The zero-order chi connectivity index (χ0) is 13.4. The van der Waals surface area contributed by atoms with Crippen molar-refractivity contribution in [2.24, 2.45) is 7.05 Å². The predicted octanol–water partition coefficient (Wildman–Crippen LogP) is 1.55. The molecule has 3 rings (SSSR count). The highest BCUT2D eigenvalue weighted by molar-refractivity contribution is 5.61. The van der Waals surface area contributed by atoms with Gasteiger partial charge in [-0.25, -0.2) is 4.98 Å². The molecule has 2 N–H and O–H groups in total. The smallest absolute Gasteiger partial charge is 0.258 e. The summed E-state index contributed by atoms with van der Waals surface area (Å²) in [4.78, 5) is 8.20. The monoisotopic (exact) mass is 258 g/mol. The lowest BCUT2D eigenvalue weighted by Gasteiger charge is -1.98. The quantitative estimate of drug-likeness (QED) is 0.677. The Balaban J connectivity index is 2.01. The second-order valence-corrected chi connectivity index (χ2v) is 4.02. The number of nitrogens with zero attached hydrogens (tertiary/aromatic N) is 4. The third kappa shape index (κ3) is 1.90. The van der Waals surface area contributed by atoms with E-state index in [1.54, 1.807) is 23.2 Å². The first-order chi connectivity index (χ1) is 9.15. The number of imidazole rings is 1. The van der Waals surface area contributed by atoms with Crippen molar-refractivity contribution in [3.05, 3.63) is 30.7 Å². The number of aryl methyl sites for hydroxylation is 1. The van der Waals surface area contributed by atoms with Gasteiger partial charge in [-0.05, 0) is 18.2 Å². The van der Waals surface area contributed by atoms with Crippen molar-refractivity contribution in [1.29, 1.82) is 0 Å².